The first-order valence-electron chi connectivity index (χ1n) is 8.96. The van der Waals surface area contributed by atoms with Crippen LogP contribution in [0.5, 0.6) is 0 Å². The van der Waals surface area contributed by atoms with Crippen LogP contribution in [0.25, 0.3) is 0 Å². The van der Waals surface area contributed by atoms with Crippen molar-refractivity contribution in [1.29, 1.82) is 0 Å². The highest BCUT2D eigenvalue weighted by atomic mass is 79.9. The highest BCUT2D eigenvalue weighted by molar-refractivity contribution is 9.10. The number of carbonyl (C=O) groups excluding carboxylic acids is 1. The van der Waals surface area contributed by atoms with Crippen molar-refractivity contribution in [3.8, 4) is 0 Å². The summed E-state index contributed by atoms with van der Waals surface area (Å²) < 4.78 is 65.0. The molecule has 10 heteroatoms. The van der Waals surface area contributed by atoms with E-state index >= 15 is 0 Å². The van der Waals surface area contributed by atoms with Gasteiger partial charge in [0, 0.05) is 11.6 Å². The van der Waals surface area contributed by atoms with Crippen molar-refractivity contribution < 1.29 is 31.8 Å². The van der Waals surface area contributed by atoms with Crippen molar-refractivity contribution in [1.82, 2.24) is 0 Å². The second kappa shape index (κ2) is 7.66. The Morgan fingerprint density at radius 2 is 1.87 bits per heavy atom. The lowest BCUT2D eigenvalue weighted by Crippen LogP contribution is -2.61. The Morgan fingerprint density at radius 3 is 2.47 bits per heavy atom. The normalized spacial score (nSPS) is 25.9. The Morgan fingerprint density at radius 1 is 1.20 bits per heavy atom. The van der Waals surface area contributed by atoms with Gasteiger partial charge in [0.15, 0.2) is 0 Å². The van der Waals surface area contributed by atoms with Crippen molar-refractivity contribution in [2.75, 3.05) is 11.5 Å². The third-order valence-corrected chi connectivity index (χ3v) is 6.04. The maximum Gasteiger partial charge on any atom is 0.258 e. The average Bonchev–Trinajstić information content (AvgIpc) is 3.52. The summed E-state index contributed by atoms with van der Waals surface area (Å²) in [7, 11) is 0. The van der Waals surface area contributed by atoms with Crippen molar-refractivity contribution in [2.24, 2.45) is 4.99 Å². The number of halogens is 5. The fraction of sp³-hybridized carbons (Fsp3) is 0.300. The van der Waals surface area contributed by atoms with E-state index in [4.69, 9.17) is 9.47 Å². The summed E-state index contributed by atoms with van der Waals surface area (Å²) in [4.78, 5) is 18.5. The molecular weight excluding hydrogens is 472 g/mol. The number of rotatable bonds is 4. The summed E-state index contributed by atoms with van der Waals surface area (Å²) in [6, 6.07) is 6.26. The molecule has 1 saturated heterocycles. The summed E-state index contributed by atoms with van der Waals surface area (Å²) in [5.41, 5.74) is -0.486. The van der Waals surface area contributed by atoms with Crippen LogP contribution in [0.1, 0.15) is 12.5 Å². The Hall–Kier alpha value is -2.46. The number of anilines is 1. The van der Waals surface area contributed by atoms with Crippen LogP contribution in [-0.2, 0) is 20.9 Å². The van der Waals surface area contributed by atoms with E-state index in [2.05, 4.69) is 20.9 Å². The van der Waals surface area contributed by atoms with Gasteiger partial charge in [0.2, 0.25) is 10.2 Å². The third kappa shape index (κ3) is 3.47. The van der Waals surface area contributed by atoms with Crippen molar-refractivity contribution >= 4 is 33.4 Å². The molecule has 2 aromatic carbocycles. The number of hydrogen-bond acceptors (Lipinski definition) is 4. The van der Waals surface area contributed by atoms with Crippen LogP contribution < -0.4 is 4.90 Å². The second-order valence-corrected chi connectivity index (χ2v) is 8.12. The minimum atomic E-state index is -1.65. The monoisotopic (exact) mass is 486 g/mol. The van der Waals surface area contributed by atoms with E-state index in [1.165, 1.54) is 19.1 Å². The van der Waals surface area contributed by atoms with E-state index in [1.54, 1.807) is 0 Å². The van der Waals surface area contributed by atoms with E-state index in [9.17, 15) is 22.4 Å². The van der Waals surface area contributed by atoms with Crippen LogP contribution >= 0.6 is 15.9 Å². The fourth-order valence-electron chi connectivity index (χ4n) is 3.25. The number of carbonyl (C=O) groups is 1. The van der Waals surface area contributed by atoms with Crippen molar-refractivity contribution in [2.45, 2.75) is 30.1 Å². The van der Waals surface area contributed by atoms with Gasteiger partial charge < -0.3 is 9.47 Å². The zero-order valence-electron chi connectivity index (χ0n) is 15.5. The molecule has 3 atom stereocenters. The van der Waals surface area contributed by atoms with Crippen LogP contribution in [-0.4, -0.2) is 35.0 Å². The molecule has 1 fully saturated rings. The van der Waals surface area contributed by atoms with Crippen LogP contribution in [0.3, 0.4) is 0 Å². The van der Waals surface area contributed by atoms with Crippen LogP contribution in [0, 0.1) is 23.3 Å². The zero-order valence-corrected chi connectivity index (χ0v) is 17.1. The number of amides is 1. The molecule has 4 rings (SSSR count). The minimum Gasteiger partial charge on any atom is -0.474 e. The third-order valence-electron chi connectivity index (χ3n) is 4.85. The van der Waals surface area contributed by atoms with Gasteiger partial charge in [-0.2, -0.15) is 0 Å². The minimum absolute atomic E-state index is 0.0494. The highest BCUT2D eigenvalue weighted by Gasteiger charge is 2.61. The van der Waals surface area contributed by atoms with Crippen LogP contribution in [0.2, 0.25) is 0 Å². The van der Waals surface area contributed by atoms with Gasteiger partial charge in [0.1, 0.15) is 47.8 Å². The number of alkyl halides is 1. The van der Waals surface area contributed by atoms with Gasteiger partial charge in [-0.05, 0) is 31.2 Å². The second-order valence-electron chi connectivity index (χ2n) is 6.87. The highest BCUT2D eigenvalue weighted by Crippen LogP contribution is 2.42. The SMILES string of the molecule is CC1N=C(OCc2ccc(F)cc2F)C(Br)(C2CO2)C(=O)N1c1c(F)cccc1F. The van der Waals surface area contributed by atoms with Crippen molar-refractivity contribution in [3.63, 3.8) is 0 Å². The van der Waals surface area contributed by atoms with E-state index in [0.29, 0.717) is 6.07 Å². The number of para-hydroxylation sites is 1. The first kappa shape index (κ1) is 20.8. The Labute approximate surface area is 177 Å². The quantitative estimate of drug-likeness (QED) is 0.371. The molecule has 0 N–H and O–H groups in total. The van der Waals surface area contributed by atoms with Gasteiger partial charge in [-0.3, -0.25) is 9.69 Å². The van der Waals surface area contributed by atoms with Gasteiger partial charge in [0.25, 0.3) is 5.91 Å². The number of aliphatic imine (C=N–C) groups is 1. The summed E-state index contributed by atoms with van der Waals surface area (Å²) in [5.74, 6) is -4.24. The Bertz CT molecular complexity index is 1030. The standard InChI is InChI=1S/C20H15BrF4N2O3/c1-10-26-18(30-8-11-5-6-12(22)7-15(11)25)20(21,16-9-29-16)19(28)27(10)17-13(23)3-2-4-14(17)24/h2-7,10,16H,8-9H2,1H3. The summed E-state index contributed by atoms with van der Waals surface area (Å²) in [6.07, 6.45) is -1.70. The molecular formula is C20H15BrF4N2O3. The number of hydrogen-bond donors (Lipinski definition) is 0. The molecule has 0 aromatic heterocycles. The maximum absolute atomic E-state index is 14.4. The van der Waals surface area contributed by atoms with E-state index in [0.717, 1.165) is 23.1 Å². The van der Waals surface area contributed by atoms with E-state index in [-0.39, 0.29) is 24.7 Å². The Kier molecular flexibility index (Phi) is 5.31. The average molecular weight is 487 g/mol. The summed E-state index contributed by atoms with van der Waals surface area (Å²) >= 11 is 3.30. The van der Waals surface area contributed by atoms with Crippen molar-refractivity contribution in [3.05, 3.63) is 65.2 Å². The number of ether oxygens (including phenoxy) is 2. The molecule has 3 unspecified atom stereocenters. The molecule has 0 bridgehead atoms. The van der Waals surface area contributed by atoms with E-state index in [1.807, 2.05) is 0 Å². The zero-order chi connectivity index (χ0) is 21.6. The molecule has 0 spiro atoms. The summed E-state index contributed by atoms with van der Waals surface area (Å²) in [6.45, 7) is 1.32. The molecule has 2 aliphatic heterocycles. The van der Waals surface area contributed by atoms with Gasteiger partial charge in [0.05, 0.1) is 6.61 Å². The molecule has 0 aliphatic carbocycles. The van der Waals surface area contributed by atoms with Gasteiger partial charge >= 0.3 is 0 Å². The van der Waals surface area contributed by atoms with Crippen LogP contribution in [0.4, 0.5) is 23.2 Å². The molecule has 1 amide bonds. The molecule has 2 aliphatic rings. The van der Waals surface area contributed by atoms with Gasteiger partial charge in [-0.15, -0.1) is 0 Å². The maximum atomic E-state index is 14.4. The molecule has 2 aromatic rings. The lowest BCUT2D eigenvalue weighted by molar-refractivity contribution is -0.120. The lowest BCUT2D eigenvalue weighted by atomic mass is 10.00. The Balaban J connectivity index is 1.70. The number of epoxide rings is 1. The number of nitrogens with zero attached hydrogens (tertiary/aromatic N) is 2. The predicted molar refractivity (Wildman–Crippen MR) is 103 cm³/mol. The molecule has 2 heterocycles. The summed E-state index contributed by atoms with van der Waals surface area (Å²) in [5, 5.41) is 0. The molecule has 5 nitrogen and oxygen atoms in total. The molecule has 30 heavy (non-hydrogen) atoms. The number of benzene rings is 2. The van der Waals surface area contributed by atoms with Crippen LogP contribution in [0.15, 0.2) is 41.4 Å². The first-order valence-corrected chi connectivity index (χ1v) is 9.76. The largest absolute Gasteiger partial charge is 0.474 e. The molecule has 158 valence electrons. The fourth-order valence-corrected chi connectivity index (χ4v) is 3.92. The van der Waals surface area contributed by atoms with E-state index < -0.39 is 51.5 Å². The first-order chi connectivity index (χ1) is 14.2. The van der Waals surface area contributed by atoms with Gasteiger partial charge in [-0.1, -0.05) is 22.0 Å². The topological polar surface area (TPSA) is 54.4 Å². The lowest BCUT2D eigenvalue weighted by Gasteiger charge is -2.39. The molecule has 0 radical (unpaired) electrons. The van der Waals surface area contributed by atoms with Gasteiger partial charge in [-0.25, -0.2) is 22.6 Å². The molecule has 0 saturated carbocycles. The smallest absolute Gasteiger partial charge is 0.258 e. The predicted octanol–water partition coefficient (Wildman–Crippen LogP) is 4.08.